The van der Waals surface area contributed by atoms with Crippen LogP contribution in [0.15, 0.2) is 12.1 Å². The van der Waals surface area contributed by atoms with Crippen molar-refractivity contribution >= 4 is 0 Å². The Bertz CT molecular complexity index is 385. The standard InChI is InChI=1S/C13H20F2N2O/c1-17(6-3-5-16)7-4-10-8-12(15)13(18-2)9-11(10)14/h8-9H,3-7,16H2,1-2H3. The minimum atomic E-state index is -0.529. The molecule has 0 aliphatic carbocycles. The fourth-order valence-electron chi connectivity index (χ4n) is 1.70. The maximum Gasteiger partial charge on any atom is 0.165 e. The average molecular weight is 258 g/mol. The summed E-state index contributed by atoms with van der Waals surface area (Å²) >= 11 is 0. The average Bonchev–Trinajstić information content (AvgIpc) is 2.36. The second-order valence-electron chi connectivity index (χ2n) is 4.27. The monoisotopic (exact) mass is 258 g/mol. The molecule has 0 aromatic heterocycles. The molecule has 0 bridgehead atoms. The van der Waals surface area contributed by atoms with E-state index in [-0.39, 0.29) is 5.75 Å². The molecule has 102 valence electrons. The zero-order chi connectivity index (χ0) is 13.5. The summed E-state index contributed by atoms with van der Waals surface area (Å²) in [7, 11) is 3.26. The molecule has 0 amide bonds. The van der Waals surface area contributed by atoms with Crippen LogP contribution >= 0.6 is 0 Å². The van der Waals surface area contributed by atoms with Gasteiger partial charge in [-0.3, -0.25) is 0 Å². The van der Waals surface area contributed by atoms with E-state index in [0.717, 1.165) is 19.0 Å². The smallest absolute Gasteiger partial charge is 0.165 e. The molecular formula is C13H20F2N2O. The van der Waals surface area contributed by atoms with E-state index in [9.17, 15) is 8.78 Å². The van der Waals surface area contributed by atoms with Crippen LogP contribution in [0.5, 0.6) is 5.75 Å². The highest BCUT2D eigenvalue weighted by molar-refractivity contribution is 5.31. The van der Waals surface area contributed by atoms with Crippen molar-refractivity contribution in [1.29, 1.82) is 0 Å². The number of methoxy groups -OCH3 is 1. The van der Waals surface area contributed by atoms with Gasteiger partial charge in [0.1, 0.15) is 5.82 Å². The van der Waals surface area contributed by atoms with Gasteiger partial charge in [-0.1, -0.05) is 0 Å². The van der Waals surface area contributed by atoms with E-state index in [1.54, 1.807) is 0 Å². The number of halogens is 2. The topological polar surface area (TPSA) is 38.5 Å². The van der Waals surface area contributed by atoms with Gasteiger partial charge in [0, 0.05) is 12.6 Å². The van der Waals surface area contributed by atoms with Crippen LogP contribution in [0.25, 0.3) is 0 Å². The summed E-state index contributed by atoms with van der Waals surface area (Å²) in [6.07, 6.45) is 1.36. The maximum absolute atomic E-state index is 13.6. The first kappa shape index (κ1) is 14.9. The molecule has 18 heavy (non-hydrogen) atoms. The molecule has 0 unspecified atom stereocenters. The molecule has 1 rings (SSSR count). The van der Waals surface area contributed by atoms with Crippen molar-refractivity contribution in [2.45, 2.75) is 12.8 Å². The fourth-order valence-corrected chi connectivity index (χ4v) is 1.70. The van der Waals surface area contributed by atoms with Gasteiger partial charge < -0.3 is 15.4 Å². The van der Waals surface area contributed by atoms with E-state index in [2.05, 4.69) is 4.90 Å². The Labute approximate surface area is 107 Å². The molecule has 0 saturated heterocycles. The molecule has 0 saturated carbocycles. The number of rotatable bonds is 7. The quantitative estimate of drug-likeness (QED) is 0.810. The summed E-state index contributed by atoms with van der Waals surface area (Å²) in [5.41, 5.74) is 5.78. The minimum absolute atomic E-state index is 0.0623. The summed E-state index contributed by atoms with van der Waals surface area (Å²) < 4.78 is 31.8. The second-order valence-corrected chi connectivity index (χ2v) is 4.27. The molecule has 0 aliphatic rings. The van der Waals surface area contributed by atoms with Crippen LogP contribution in [0.2, 0.25) is 0 Å². The van der Waals surface area contributed by atoms with E-state index >= 15 is 0 Å². The molecular weight excluding hydrogens is 238 g/mol. The molecule has 0 atom stereocenters. The number of nitrogens with two attached hydrogens (primary N) is 1. The Morgan fingerprint density at radius 3 is 2.56 bits per heavy atom. The lowest BCUT2D eigenvalue weighted by Crippen LogP contribution is -2.24. The van der Waals surface area contributed by atoms with Gasteiger partial charge in [-0.15, -0.1) is 0 Å². The number of ether oxygens (including phenoxy) is 1. The molecule has 2 N–H and O–H groups in total. The summed E-state index contributed by atoms with van der Waals surface area (Å²) in [5, 5.41) is 0. The van der Waals surface area contributed by atoms with Gasteiger partial charge >= 0.3 is 0 Å². The summed E-state index contributed by atoms with van der Waals surface area (Å²) in [4.78, 5) is 2.05. The predicted molar refractivity (Wildman–Crippen MR) is 67.8 cm³/mol. The lowest BCUT2D eigenvalue weighted by Gasteiger charge is -2.16. The normalized spacial score (nSPS) is 11.0. The van der Waals surface area contributed by atoms with Gasteiger partial charge in [-0.05, 0) is 44.6 Å². The first-order valence-electron chi connectivity index (χ1n) is 5.99. The molecule has 3 nitrogen and oxygen atoms in total. The second kappa shape index (κ2) is 7.28. The Morgan fingerprint density at radius 2 is 1.94 bits per heavy atom. The fraction of sp³-hybridized carbons (Fsp3) is 0.538. The lowest BCUT2D eigenvalue weighted by molar-refractivity contribution is 0.333. The highest BCUT2D eigenvalue weighted by Gasteiger charge is 2.10. The molecule has 1 aromatic carbocycles. The molecule has 0 fully saturated rings. The molecule has 0 radical (unpaired) electrons. The number of likely N-dealkylation sites (N-methyl/N-ethyl adjacent to an activating group) is 1. The molecule has 1 aromatic rings. The van der Waals surface area contributed by atoms with Crippen molar-refractivity contribution in [3.8, 4) is 5.75 Å². The van der Waals surface area contributed by atoms with Crippen LogP contribution in [0.3, 0.4) is 0 Å². The summed E-state index contributed by atoms with van der Waals surface area (Å²) in [6, 6.07) is 2.29. The lowest BCUT2D eigenvalue weighted by atomic mass is 10.1. The van der Waals surface area contributed by atoms with Gasteiger partial charge in [0.2, 0.25) is 0 Å². The maximum atomic E-state index is 13.6. The van der Waals surface area contributed by atoms with Crippen molar-refractivity contribution in [3.05, 3.63) is 29.3 Å². The van der Waals surface area contributed by atoms with E-state index in [0.29, 0.717) is 25.1 Å². The minimum Gasteiger partial charge on any atom is -0.494 e. The van der Waals surface area contributed by atoms with Gasteiger partial charge in [0.25, 0.3) is 0 Å². The third-order valence-electron chi connectivity index (χ3n) is 2.83. The Hall–Kier alpha value is -1.20. The third kappa shape index (κ3) is 4.23. The van der Waals surface area contributed by atoms with Gasteiger partial charge in [0.05, 0.1) is 7.11 Å². The molecule has 0 spiro atoms. The Morgan fingerprint density at radius 1 is 1.22 bits per heavy atom. The SMILES string of the molecule is COc1cc(F)c(CCN(C)CCCN)cc1F. The van der Waals surface area contributed by atoms with Gasteiger partial charge in [-0.25, -0.2) is 8.78 Å². The van der Waals surface area contributed by atoms with Crippen LogP contribution in [-0.2, 0) is 6.42 Å². The van der Waals surface area contributed by atoms with Crippen LogP contribution in [0, 0.1) is 11.6 Å². The zero-order valence-corrected chi connectivity index (χ0v) is 10.9. The van der Waals surface area contributed by atoms with Gasteiger partial charge in [-0.2, -0.15) is 0 Å². The van der Waals surface area contributed by atoms with E-state index in [1.807, 2.05) is 7.05 Å². The first-order valence-corrected chi connectivity index (χ1v) is 5.99. The number of hydrogen-bond donors (Lipinski definition) is 1. The van der Waals surface area contributed by atoms with Gasteiger partial charge in [0.15, 0.2) is 11.6 Å². The first-order chi connectivity index (χ1) is 8.58. The third-order valence-corrected chi connectivity index (χ3v) is 2.83. The van der Waals surface area contributed by atoms with Crippen molar-refractivity contribution in [2.24, 2.45) is 5.73 Å². The van der Waals surface area contributed by atoms with Crippen molar-refractivity contribution in [2.75, 3.05) is 33.8 Å². The summed E-state index contributed by atoms with van der Waals surface area (Å²) in [5.74, 6) is -1.02. The van der Waals surface area contributed by atoms with Crippen LogP contribution in [0.1, 0.15) is 12.0 Å². The summed E-state index contributed by atoms with van der Waals surface area (Å²) in [6.45, 7) is 2.16. The van der Waals surface area contributed by atoms with E-state index in [4.69, 9.17) is 10.5 Å². The van der Waals surface area contributed by atoms with Crippen molar-refractivity contribution in [1.82, 2.24) is 4.90 Å². The van der Waals surface area contributed by atoms with Crippen LogP contribution in [-0.4, -0.2) is 38.7 Å². The van der Waals surface area contributed by atoms with Crippen molar-refractivity contribution in [3.63, 3.8) is 0 Å². The predicted octanol–water partition coefficient (Wildman–Crippen LogP) is 1.80. The Kier molecular flexibility index (Phi) is 6.01. The number of hydrogen-bond acceptors (Lipinski definition) is 3. The van der Waals surface area contributed by atoms with Crippen molar-refractivity contribution < 1.29 is 13.5 Å². The van der Waals surface area contributed by atoms with E-state index < -0.39 is 11.6 Å². The molecule has 5 heteroatoms. The van der Waals surface area contributed by atoms with Crippen LogP contribution < -0.4 is 10.5 Å². The largest absolute Gasteiger partial charge is 0.494 e. The Balaban J connectivity index is 2.59. The molecule has 0 heterocycles. The van der Waals surface area contributed by atoms with E-state index in [1.165, 1.54) is 13.2 Å². The highest BCUT2D eigenvalue weighted by atomic mass is 19.1. The molecule has 0 aliphatic heterocycles. The zero-order valence-electron chi connectivity index (χ0n) is 10.9. The number of nitrogens with zero attached hydrogens (tertiary/aromatic N) is 1. The van der Waals surface area contributed by atoms with Crippen LogP contribution in [0.4, 0.5) is 8.78 Å². The number of benzene rings is 1. The highest BCUT2D eigenvalue weighted by Crippen LogP contribution is 2.21.